The van der Waals surface area contributed by atoms with Crippen molar-refractivity contribution in [1.82, 2.24) is 9.78 Å². The van der Waals surface area contributed by atoms with E-state index < -0.39 is 11.7 Å². The average Bonchev–Trinajstić information content (AvgIpc) is 2.76. The summed E-state index contributed by atoms with van der Waals surface area (Å²) >= 11 is 0. The van der Waals surface area contributed by atoms with Crippen molar-refractivity contribution >= 4 is 6.08 Å². The van der Waals surface area contributed by atoms with Crippen molar-refractivity contribution in [2.45, 2.75) is 12.7 Å². The number of aromatic nitrogens is 2. The molecule has 0 fully saturated rings. The maximum absolute atomic E-state index is 12.5. The number of benzene rings is 1. The molecule has 94 valence electrons. The van der Waals surface area contributed by atoms with E-state index in [-0.39, 0.29) is 0 Å². The summed E-state index contributed by atoms with van der Waals surface area (Å²) < 4.78 is 39.2. The molecule has 18 heavy (non-hydrogen) atoms. The molecule has 2 aromatic rings. The number of hydrogen-bond donors (Lipinski definition) is 0. The molecule has 0 unspecified atom stereocenters. The van der Waals surface area contributed by atoms with Gasteiger partial charge in [-0.2, -0.15) is 18.3 Å². The van der Waals surface area contributed by atoms with E-state index >= 15 is 0 Å². The second-order valence-electron chi connectivity index (χ2n) is 3.87. The SMILES string of the molecule is C=Cc1cnn(Cc2cccc(C(F)(F)F)c2)c1. The van der Waals surface area contributed by atoms with Crippen molar-refractivity contribution in [3.05, 3.63) is 59.9 Å². The molecule has 1 aromatic heterocycles. The normalized spacial score (nSPS) is 11.5. The second kappa shape index (κ2) is 4.68. The lowest BCUT2D eigenvalue weighted by atomic mass is 10.1. The minimum Gasteiger partial charge on any atom is -0.268 e. The van der Waals surface area contributed by atoms with Gasteiger partial charge in [-0.25, -0.2) is 0 Å². The molecule has 0 aliphatic heterocycles. The molecule has 0 saturated carbocycles. The van der Waals surface area contributed by atoms with Gasteiger partial charge in [0.15, 0.2) is 0 Å². The van der Waals surface area contributed by atoms with Crippen LogP contribution in [-0.2, 0) is 12.7 Å². The smallest absolute Gasteiger partial charge is 0.268 e. The monoisotopic (exact) mass is 252 g/mol. The van der Waals surface area contributed by atoms with Crippen LogP contribution in [0.15, 0.2) is 43.2 Å². The molecular formula is C13H11F3N2. The van der Waals surface area contributed by atoms with E-state index in [4.69, 9.17) is 0 Å². The van der Waals surface area contributed by atoms with Crippen LogP contribution in [0, 0.1) is 0 Å². The second-order valence-corrected chi connectivity index (χ2v) is 3.87. The predicted octanol–water partition coefficient (Wildman–Crippen LogP) is 3.59. The van der Waals surface area contributed by atoms with Gasteiger partial charge in [0.25, 0.3) is 0 Å². The van der Waals surface area contributed by atoms with E-state index in [0.29, 0.717) is 12.1 Å². The molecule has 0 N–H and O–H groups in total. The Hall–Kier alpha value is -2.04. The number of hydrogen-bond acceptors (Lipinski definition) is 1. The molecule has 2 rings (SSSR count). The van der Waals surface area contributed by atoms with E-state index in [0.717, 1.165) is 17.7 Å². The number of alkyl halides is 3. The Morgan fingerprint density at radius 2 is 2.11 bits per heavy atom. The lowest BCUT2D eigenvalue weighted by Crippen LogP contribution is -2.07. The molecule has 1 heterocycles. The van der Waals surface area contributed by atoms with E-state index in [9.17, 15) is 13.2 Å². The highest BCUT2D eigenvalue weighted by molar-refractivity contribution is 5.43. The van der Waals surface area contributed by atoms with E-state index in [1.54, 1.807) is 29.2 Å². The molecule has 1 aromatic carbocycles. The fraction of sp³-hybridized carbons (Fsp3) is 0.154. The predicted molar refractivity (Wildman–Crippen MR) is 62.9 cm³/mol. The Labute approximate surface area is 102 Å². The summed E-state index contributed by atoms with van der Waals surface area (Å²) in [6.45, 7) is 3.90. The molecule has 2 nitrogen and oxygen atoms in total. The van der Waals surface area contributed by atoms with Gasteiger partial charge in [0, 0.05) is 11.8 Å². The Morgan fingerprint density at radius 3 is 2.72 bits per heavy atom. The van der Waals surface area contributed by atoms with Gasteiger partial charge in [0.2, 0.25) is 0 Å². The first-order valence-corrected chi connectivity index (χ1v) is 5.30. The third-order valence-electron chi connectivity index (χ3n) is 2.49. The fourth-order valence-corrected chi connectivity index (χ4v) is 1.60. The molecule has 0 atom stereocenters. The molecule has 0 bridgehead atoms. The quantitative estimate of drug-likeness (QED) is 0.816. The number of rotatable bonds is 3. The molecule has 0 aliphatic carbocycles. The van der Waals surface area contributed by atoms with Gasteiger partial charge >= 0.3 is 6.18 Å². The summed E-state index contributed by atoms with van der Waals surface area (Å²) in [5, 5.41) is 4.04. The van der Waals surface area contributed by atoms with E-state index in [1.165, 1.54) is 6.07 Å². The zero-order valence-electron chi connectivity index (χ0n) is 9.48. The molecular weight excluding hydrogens is 241 g/mol. The third-order valence-corrected chi connectivity index (χ3v) is 2.49. The van der Waals surface area contributed by atoms with Gasteiger partial charge in [-0.15, -0.1) is 0 Å². The molecule has 0 radical (unpaired) electrons. The summed E-state index contributed by atoms with van der Waals surface area (Å²) in [6.07, 6.45) is 0.663. The molecule has 0 aliphatic rings. The lowest BCUT2D eigenvalue weighted by molar-refractivity contribution is -0.137. The summed E-state index contributed by atoms with van der Waals surface area (Å²) in [5.74, 6) is 0. The van der Waals surface area contributed by atoms with Crippen LogP contribution in [-0.4, -0.2) is 9.78 Å². The minimum atomic E-state index is -4.31. The average molecular weight is 252 g/mol. The van der Waals surface area contributed by atoms with Crippen molar-refractivity contribution in [3.63, 3.8) is 0 Å². The molecule has 0 spiro atoms. The van der Waals surface area contributed by atoms with Crippen LogP contribution in [0.25, 0.3) is 6.08 Å². The van der Waals surface area contributed by atoms with Crippen LogP contribution < -0.4 is 0 Å². The van der Waals surface area contributed by atoms with Crippen LogP contribution in [0.5, 0.6) is 0 Å². The number of halogens is 3. The zero-order chi connectivity index (χ0) is 13.2. The van der Waals surface area contributed by atoms with E-state index in [1.807, 2.05) is 0 Å². The van der Waals surface area contributed by atoms with Crippen molar-refractivity contribution in [1.29, 1.82) is 0 Å². The Morgan fingerprint density at radius 1 is 1.33 bits per heavy atom. The van der Waals surface area contributed by atoms with Gasteiger partial charge < -0.3 is 0 Å². The van der Waals surface area contributed by atoms with Gasteiger partial charge in [-0.1, -0.05) is 24.8 Å². The standard InChI is InChI=1S/C13H11F3N2/c1-2-10-7-17-18(8-10)9-11-4-3-5-12(6-11)13(14,15)16/h2-8H,1,9H2. The zero-order valence-corrected chi connectivity index (χ0v) is 9.48. The van der Waals surface area contributed by atoms with E-state index in [2.05, 4.69) is 11.7 Å². The van der Waals surface area contributed by atoms with Gasteiger partial charge in [0.1, 0.15) is 0 Å². The topological polar surface area (TPSA) is 17.8 Å². The minimum absolute atomic E-state index is 0.303. The lowest BCUT2D eigenvalue weighted by Gasteiger charge is -2.08. The highest BCUT2D eigenvalue weighted by Gasteiger charge is 2.30. The van der Waals surface area contributed by atoms with Crippen LogP contribution in [0.2, 0.25) is 0 Å². The Kier molecular flexibility index (Phi) is 3.23. The van der Waals surface area contributed by atoms with Gasteiger partial charge in [0.05, 0.1) is 18.3 Å². The van der Waals surface area contributed by atoms with Gasteiger partial charge in [-0.05, 0) is 17.7 Å². The highest BCUT2D eigenvalue weighted by Crippen LogP contribution is 2.29. The van der Waals surface area contributed by atoms with Crippen LogP contribution in [0.1, 0.15) is 16.7 Å². The van der Waals surface area contributed by atoms with Crippen molar-refractivity contribution in [3.8, 4) is 0 Å². The largest absolute Gasteiger partial charge is 0.416 e. The summed E-state index contributed by atoms with van der Waals surface area (Å²) in [5.41, 5.74) is 0.751. The number of nitrogens with zero attached hydrogens (tertiary/aromatic N) is 2. The summed E-state index contributed by atoms with van der Waals surface area (Å²) in [4.78, 5) is 0. The van der Waals surface area contributed by atoms with Crippen LogP contribution in [0.4, 0.5) is 13.2 Å². The first kappa shape index (κ1) is 12.4. The van der Waals surface area contributed by atoms with Crippen molar-refractivity contribution in [2.24, 2.45) is 0 Å². The first-order chi connectivity index (χ1) is 8.49. The van der Waals surface area contributed by atoms with Gasteiger partial charge in [-0.3, -0.25) is 4.68 Å². The summed E-state index contributed by atoms with van der Waals surface area (Å²) in [6, 6.07) is 5.23. The molecule has 0 saturated heterocycles. The van der Waals surface area contributed by atoms with Crippen LogP contribution >= 0.6 is 0 Å². The fourth-order valence-electron chi connectivity index (χ4n) is 1.60. The van der Waals surface area contributed by atoms with Crippen molar-refractivity contribution in [2.75, 3.05) is 0 Å². The highest BCUT2D eigenvalue weighted by atomic mass is 19.4. The van der Waals surface area contributed by atoms with Crippen LogP contribution in [0.3, 0.4) is 0 Å². The molecule has 0 amide bonds. The summed E-state index contributed by atoms with van der Waals surface area (Å²) in [7, 11) is 0. The van der Waals surface area contributed by atoms with Crippen molar-refractivity contribution < 1.29 is 13.2 Å². The maximum Gasteiger partial charge on any atom is 0.416 e. The first-order valence-electron chi connectivity index (χ1n) is 5.30. The third kappa shape index (κ3) is 2.80. The Balaban J connectivity index is 2.21. The molecule has 5 heteroatoms. The maximum atomic E-state index is 12.5. The Bertz CT molecular complexity index is 555.